The highest BCUT2D eigenvalue weighted by atomic mass is 16.5. The molecule has 0 fully saturated rings. The molecule has 0 spiro atoms. The van der Waals surface area contributed by atoms with Crippen LogP contribution in [0.25, 0.3) is 0 Å². The number of methoxy groups -OCH3 is 1. The summed E-state index contributed by atoms with van der Waals surface area (Å²) in [6, 6.07) is 5.24. The summed E-state index contributed by atoms with van der Waals surface area (Å²) in [5, 5.41) is 2.55. The van der Waals surface area contributed by atoms with Crippen molar-refractivity contribution in [2.45, 2.75) is 12.8 Å². The van der Waals surface area contributed by atoms with Crippen molar-refractivity contribution >= 4 is 11.6 Å². The smallest absolute Gasteiger partial charge is 0.219 e. The van der Waals surface area contributed by atoms with E-state index >= 15 is 0 Å². The minimum atomic E-state index is 0.0105. The number of benzene rings is 1. The van der Waals surface area contributed by atoms with Crippen molar-refractivity contribution in [3.63, 3.8) is 0 Å². The van der Waals surface area contributed by atoms with Crippen molar-refractivity contribution in [2.75, 3.05) is 26.5 Å². The number of anilines is 1. The number of carbonyl (C=O) groups is 1. The Balaban J connectivity index is 2.39. The molecule has 94 valence electrons. The third-order valence-electron chi connectivity index (χ3n) is 2.30. The summed E-state index contributed by atoms with van der Waals surface area (Å²) >= 11 is 0. The first kappa shape index (κ1) is 13.2. The van der Waals surface area contributed by atoms with E-state index in [1.54, 1.807) is 32.4 Å². The number of carbonyl (C=O) groups excluding carboxylic acids is 1. The fourth-order valence-electron chi connectivity index (χ4n) is 1.32. The molecule has 0 aromatic heterocycles. The lowest BCUT2D eigenvalue weighted by atomic mass is 10.2. The van der Waals surface area contributed by atoms with Gasteiger partial charge in [-0.2, -0.15) is 0 Å². The van der Waals surface area contributed by atoms with Crippen LogP contribution >= 0.6 is 0 Å². The highest BCUT2D eigenvalue weighted by Crippen LogP contribution is 2.26. The Morgan fingerprint density at radius 3 is 2.82 bits per heavy atom. The molecule has 0 radical (unpaired) electrons. The van der Waals surface area contributed by atoms with Crippen molar-refractivity contribution < 1.29 is 14.3 Å². The second-order valence-corrected chi connectivity index (χ2v) is 3.53. The molecular formula is C12H18N2O3. The van der Waals surface area contributed by atoms with Crippen molar-refractivity contribution in [3.8, 4) is 11.5 Å². The van der Waals surface area contributed by atoms with E-state index in [2.05, 4.69) is 5.32 Å². The molecule has 0 aliphatic rings. The van der Waals surface area contributed by atoms with Crippen molar-refractivity contribution in [3.05, 3.63) is 18.2 Å². The van der Waals surface area contributed by atoms with Gasteiger partial charge in [0.15, 0.2) is 0 Å². The summed E-state index contributed by atoms with van der Waals surface area (Å²) < 4.78 is 10.5. The Morgan fingerprint density at radius 2 is 2.24 bits per heavy atom. The van der Waals surface area contributed by atoms with Gasteiger partial charge >= 0.3 is 0 Å². The number of amides is 1. The zero-order valence-electron chi connectivity index (χ0n) is 10.2. The maximum absolute atomic E-state index is 11.0. The molecule has 0 saturated heterocycles. The van der Waals surface area contributed by atoms with E-state index in [-0.39, 0.29) is 5.91 Å². The first-order valence-electron chi connectivity index (χ1n) is 5.44. The Hall–Kier alpha value is -1.91. The number of hydrogen-bond donors (Lipinski definition) is 2. The van der Waals surface area contributed by atoms with Crippen LogP contribution in [0.4, 0.5) is 5.69 Å². The second kappa shape index (κ2) is 6.62. The average molecular weight is 238 g/mol. The van der Waals surface area contributed by atoms with E-state index < -0.39 is 0 Å². The molecule has 1 amide bonds. The number of ether oxygens (including phenoxy) is 2. The van der Waals surface area contributed by atoms with E-state index in [1.807, 2.05) is 0 Å². The molecular weight excluding hydrogens is 220 g/mol. The molecule has 0 bridgehead atoms. The van der Waals surface area contributed by atoms with Gasteiger partial charge in [-0.25, -0.2) is 0 Å². The highest BCUT2D eigenvalue weighted by Gasteiger charge is 2.03. The zero-order valence-corrected chi connectivity index (χ0v) is 10.2. The lowest BCUT2D eigenvalue weighted by Gasteiger charge is -2.09. The molecule has 0 saturated carbocycles. The number of nitrogens with two attached hydrogens (primary N) is 1. The maximum atomic E-state index is 11.0. The molecule has 0 aliphatic carbocycles. The average Bonchev–Trinajstić information content (AvgIpc) is 2.35. The normalized spacial score (nSPS) is 9.76. The molecule has 0 unspecified atom stereocenters. The van der Waals surface area contributed by atoms with Crippen LogP contribution in [0.15, 0.2) is 18.2 Å². The fraction of sp³-hybridized carbons (Fsp3) is 0.417. The van der Waals surface area contributed by atoms with Gasteiger partial charge in [0.25, 0.3) is 0 Å². The van der Waals surface area contributed by atoms with Crippen LogP contribution in [0.2, 0.25) is 0 Å². The lowest BCUT2D eigenvalue weighted by Crippen LogP contribution is -2.18. The van der Waals surface area contributed by atoms with Crippen LogP contribution in [0, 0.1) is 0 Å². The van der Waals surface area contributed by atoms with Crippen LogP contribution in [0.3, 0.4) is 0 Å². The molecule has 17 heavy (non-hydrogen) atoms. The van der Waals surface area contributed by atoms with E-state index in [1.165, 1.54) is 0 Å². The summed E-state index contributed by atoms with van der Waals surface area (Å²) in [5.41, 5.74) is 6.31. The minimum absolute atomic E-state index is 0.0105. The van der Waals surface area contributed by atoms with E-state index in [9.17, 15) is 4.79 Å². The number of hydrogen-bond acceptors (Lipinski definition) is 4. The molecule has 0 heterocycles. The molecule has 0 aliphatic heterocycles. The topological polar surface area (TPSA) is 73.6 Å². The van der Waals surface area contributed by atoms with Gasteiger partial charge < -0.3 is 20.5 Å². The molecule has 1 rings (SSSR count). The van der Waals surface area contributed by atoms with Gasteiger partial charge in [0.1, 0.15) is 11.5 Å². The van der Waals surface area contributed by atoms with Gasteiger partial charge in [0, 0.05) is 19.5 Å². The standard InChI is InChI=1S/C12H18N2O3/c1-14-12(15)4-3-7-17-11-6-5-9(16-2)8-10(11)13/h5-6,8H,3-4,7,13H2,1-2H3,(H,14,15). The second-order valence-electron chi connectivity index (χ2n) is 3.53. The fourth-order valence-corrected chi connectivity index (χ4v) is 1.32. The van der Waals surface area contributed by atoms with Gasteiger partial charge in [0.2, 0.25) is 5.91 Å². The Kier molecular flexibility index (Phi) is 5.13. The monoisotopic (exact) mass is 238 g/mol. The third kappa shape index (κ3) is 4.22. The van der Waals surface area contributed by atoms with E-state index in [0.717, 1.165) is 0 Å². The van der Waals surface area contributed by atoms with Crippen molar-refractivity contribution in [1.29, 1.82) is 0 Å². The molecule has 5 heteroatoms. The van der Waals surface area contributed by atoms with Crippen LogP contribution < -0.4 is 20.5 Å². The van der Waals surface area contributed by atoms with Gasteiger partial charge in [0.05, 0.1) is 19.4 Å². The molecule has 5 nitrogen and oxygen atoms in total. The van der Waals surface area contributed by atoms with Gasteiger partial charge in [-0.1, -0.05) is 0 Å². The Bertz CT molecular complexity index is 380. The molecule has 1 aromatic rings. The quantitative estimate of drug-likeness (QED) is 0.576. The molecule has 1 aromatic carbocycles. The van der Waals surface area contributed by atoms with Gasteiger partial charge in [-0.05, 0) is 18.6 Å². The Labute approximate surface area is 101 Å². The Morgan fingerprint density at radius 1 is 1.47 bits per heavy atom. The lowest BCUT2D eigenvalue weighted by molar-refractivity contribution is -0.120. The van der Waals surface area contributed by atoms with Gasteiger partial charge in [-0.3, -0.25) is 4.79 Å². The third-order valence-corrected chi connectivity index (χ3v) is 2.30. The zero-order chi connectivity index (χ0) is 12.7. The largest absolute Gasteiger partial charge is 0.497 e. The van der Waals surface area contributed by atoms with Crippen molar-refractivity contribution in [2.24, 2.45) is 0 Å². The predicted molar refractivity (Wildman–Crippen MR) is 66.2 cm³/mol. The van der Waals surface area contributed by atoms with Crippen LogP contribution in [-0.2, 0) is 4.79 Å². The first-order chi connectivity index (χ1) is 8.17. The SMILES string of the molecule is CNC(=O)CCCOc1ccc(OC)cc1N. The molecule has 0 atom stereocenters. The van der Waals surface area contributed by atoms with E-state index in [0.29, 0.717) is 36.6 Å². The summed E-state index contributed by atoms with van der Waals surface area (Å²) in [6.07, 6.45) is 1.11. The predicted octanol–water partition coefficient (Wildman–Crippen LogP) is 1.18. The maximum Gasteiger partial charge on any atom is 0.219 e. The van der Waals surface area contributed by atoms with Crippen LogP contribution in [0.5, 0.6) is 11.5 Å². The summed E-state index contributed by atoms with van der Waals surface area (Å²) in [5.74, 6) is 1.32. The highest BCUT2D eigenvalue weighted by molar-refractivity contribution is 5.75. The summed E-state index contributed by atoms with van der Waals surface area (Å²) in [7, 11) is 3.20. The molecule has 3 N–H and O–H groups in total. The summed E-state index contributed by atoms with van der Waals surface area (Å²) in [6.45, 7) is 0.462. The van der Waals surface area contributed by atoms with E-state index in [4.69, 9.17) is 15.2 Å². The van der Waals surface area contributed by atoms with Crippen molar-refractivity contribution in [1.82, 2.24) is 5.32 Å². The van der Waals surface area contributed by atoms with Crippen LogP contribution in [0.1, 0.15) is 12.8 Å². The van der Waals surface area contributed by atoms with Gasteiger partial charge in [-0.15, -0.1) is 0 Å². The van der Waals surface area contributed by atoms with Crippen LogP contribution in [-0.4, -0.2) is 26.7 Å². The minimum Gasteiger partial charge on any atom is -0.497 e. The number of rotatable bonds is 6. The number of nitrogens with one attached hydrogen (secondary N) is 1. The number of nitrogen functional groups attached to an aromatic ring is 1. The summed E-state index contributed by atoms with van der Waals surface area (Å²) in [4.78, 5) is 11.0. The first-order valence-corrected chi connectivity index (χ1v) is 5.44.